The number of pyridine rings is 1. The summed E-state index contributed by atoms with van der Waals surface area (Å²) in [5.41, 5.74) is 13.6. The van der Waals surface area contributed by atoms with Crippen LogP contribution >= 0.6 is 0 Å². The van der Waals surface area contributed by atoms with Crippen molar-refractivity contribution in [3.8, 4) is 33.8 Å². The molecule has 0 N–H and O–H groups in total. The molecular formula is C56H48N5Pt-. The fourth-order valence-corrected chi connectivity index (χ4v) is 8.67. The molecule has 0 radical (unpaired) electrons. The van der Waals surface area contributed by atoms with E-state index < -0.39 is 0 Å². The van der Waals surface area contributed by atoms with Crippen LogP contribution in [0.5, 0.6) is 0 Å². The molecule has 0 spiro atoms. The van der Waals surface area contributed by atoms with Gasteiger partial charge in [0.05, 0.1) is 11.2 Å². The zero-order valence-corrected chi connectivity index (χ0v) is 38.1. The fraction of sp³-hybridized carbons (Fsp3) is 0.143. The molecule has 0 unspecified atom stereocenters. The van der Waals surface area contributed by atoms with Crippen molar-refractivity contribution in [2.24, 2.45) is 0 Å². The molecule has 308 valence electrons. The van der Waals surface area contributed by atoms with E-state index in [9.17, 15) is 0 Å². The number of hydrogen-bond acceptors (Lipinski definition) is 2. The second kappa shape index (κ2) is 16.0. The summed E-state index contributed by atoms with van der Waals surface area (Å²) in [6.07, 6.45) is 4.15. The van der Waals surface area contributed by atoms with Crippen LogP contribution in [0.3, 0.4) is 0 Å². The standard InChI is InChI=1S/C56H48N5.Pt/c1-55(2,3)41-33-34-57-53(35-41)61-49-28-14-13-25-47(49)48-32-31-44(37-52(48)61)60(54-45(39-19-9-7-10-20-39)26-18-27-46(54)40-21-11-8-12-22-40)43-24-17-23-42(36-43)58-38-59(56(4,5)6)51-30-16-15-29-50(51)58;/h7-35,38H,1-6H3;/q-1;. The summed E-state index contributed by atoms with van der Waals surface area (Å²) >= 11 is 0. The van der Waals surface area contributed by atoms with Crippen LogP contribution in [0.4, 0.5) is 17.1 Å². The van der Waals surface area contributed by atoms with E-state index in [0.29, 0.717) is 0 Å². The molecule has 0 aliphatic carbocycles. The molecule has 0 atom stereocenters. The van der Waals surface area contributed by atoms with Gasteiger partial charge in [0.1, 0.15) is 5.82 Å². The summed E-state index contributed by atoms with van der Waals surface area (Å²) in [5, 5.41) is 2.27. The molecule has 0 fully saturated rings. The Kier molecular flexibility index (Phi) is 10.6. The van der Waals surface area contributed by atoms with E-state index in [1.807, 2.05) is 6.20 Å². The number of aromatic nitrogens is 4. The van der Waals surface area contributed by atoms with Crippen LogP contribution < -0.4 is 4.90 Å². The molecule has 0 saturated heterocycles. The molecular weight excluding hydrogens is 938 g/mol. The summed E-state index contributed by atoms with van der Waals surface area (Å²) in [4.78, 5) is 7.36. The van der Waals surface area contributed by atoms with E-state index in [1.54, 1.807) is 0 Å². The molecule has 3 aromatic heterocycles. The van der Waals surface area contributed by atoms with E-state index in [2.05, 4.69) is 248 Å². The molecule has 0 amide bonds. The maximum atomic E-state index is 5.00. The Balaban J connectivity index is 0.00000490. The Bertz CT molecular complexity index is 3160. The van der Waals surface area contributed by atoms with Crippen molar-refractivity contribution < 1.29 is 21.1 Å². The van der Waals surface area contributed by atoms with Crippen molar-refractivity contribution in [2.75, 3.05) is 4.90 Å². The number of imidazole rings is 1. The largest absolute Gasteiger partial charge is 0.357 e. The van der Waals surface area contributed by atoms with Gasteiger partial charge in [0, 0.05) is 61.7 Å². The third kappa shape index (κ3) is 7.25. The molecule has 0 aliphatic rings. The van der Waals surface area contributed by atoms with Crippen LogP contribution in [-0.2, 0) is 32.0 Å². The maximum Gasteiger partial charge on any atom is 0.188 e. The van der Waals surface area contributed by atoms with Crippen LogP contribution in [0, 0.1) is 12.1 Å². The van der Waals surface area contributed by atoms with E-state index >= 15 is 0 Å². The second-order valence-corrected chi connectivity index (χ2v) is 17.8. The number of benzene rings is 7. The number of para-hydroxylation sites is 4. The summed E-state index contributed by atoms with van der Waals surface area (Å²) in [7, 11) is 0. The third-order valence-electron chi connectivity index (χ3n) is 11.7. The molecule has 0 bridgehead atoms. The average Bonchev–Trinajstić information content (AvgIpc) is 3.84. The summed E-state index contributed by atoms with van der Waals surface area (Å²) in [6, 6.07) is 68.5. The van der Waals surface area contributed by atoms with Crippen molar-refractivity contribution >= 4 is 49.9 Å². The summed E-state index contributed by atoms with van der Waals surface area (Å²) in [5.74, 6) is 0.869. The van der Waals surface area contributed by atoms with Gasteiger partial charge in [-0.3, -0.25) is 0 Å². The van der Waals surface area contributed by atoms with E-state index in [-0.39, 0.29) is 32.0 Å². The Morgan fingerprint density at radius 3 is 1.81 bits per heavy atom. The van der Waals surface area contributed by atoms with Crippen molar-refractivity contribution in [3.63, 3.8) is 0 Å². The van der Waals surface area contributed by atoms with Gasteiger partial charge >= 0.3 is 0 Å². The van der Waals surface area contributed by atoms with Gasteiger partial charge in [-0.25, -0.2) is 14.1 Å². The SMILES string of the molecule is CC(C)(C)c1ccnc(-n2c3[c-]c(N(c4[c-]c(-n5[cH+]n(C(C)(C)C)c6ccccc65)ccc4)c4c(-c5ccccc5)cccc4-c4ccccc4)ccc3c3ccccc32)c1.[Pt]. The molecule has 3 heterocycles. The Morgan fingerprint density at radius 2 is 1.15 bits per heavy atom. The first-order valence-electron chi connectivity index (χ1n) is 21.1. The number of anilines is 3. The molecule has 10 aromatic rings. The van der Waals surface area contributed by atoms with Crippen LogP contribution in [0.25, 0.3) is 66.6 Å². The summed E-state index contributed by atoms with van der Waals surface area (Å²) < 4.78 is 6.89. The average molecular weight is 986 g/mol. The first-order chi connectivity index (χ1) is 29.5. The van der Waals surface area contributed by atoms with Gasteiger partial charge in [-0.1, -0.05) is 141 Å². The minimum Gasteiger partial charge on any atom is -0.357 e. The molecule has 6 heteroatoms. The zero-order valence-electron chi connectivity index (χ0n) is 35.9. The van der Waals surface area contributed by atoms with Crippen molar-refractivity contribution in [2.45, 2.75) is 52.5 Å². The normalized spacial score (nSPS) is 11.9. The van der Waals surface area contributed by atoms with Gasteiger partial charge < -0.3 is 9.47 Å². The molecule has 5 nitrogen and oxygen atoms in total. The number of fused-ring (bicyclic) bond motifs is 4. The van der Waals surface area contributed by atoms with Crippen LogP contribution in [0.15, 0.2) is 182 Å². The number of nitrogens with zero attached hydrogens (tertiary/aromatic N) is 5. The van der Waals surface area contributed by atoms with Gasteiger partial charge in [-0.15, -0.1) is 29.7 Å². The Labute approximate surface area is 378 Å². The van der Waals surface area contributed by atoms with Gasteiger partial charge in [0.25, 0.3) is 0 Å². The summed E-state index contributed by atoms with van der Waals surface area (Å²) in [6.45, 7) is 13.5. The van der Waals surface area contributed by atoms with E-state index in [0.717, 1.165) is 78.1 Å². The van der Waals surface area contributed by atoms with Crippen LogP contribution in [-0.4, -0.2) is 18.7 Å². The topological polar surface area (TPSA) is 30.9 Å². The monoisotopic (exact) mass is 985 g/mol. The number of rotatable bonds is 7. The van der Waals surface area contributed by atoms with Crippen LogP contribution in [0.2, 0.25) is 0 Å². The van der Waals surface area contributed by atoms with Crippen molar-refractivity contribution in [1.29, 1.82) is 0 Å². The second-order valence-electron chi connectivity index (χ2n) is 17.8. The molecule has 0 aliphatic heterocycles. The van der Waals surface area contributed by atoms with Crippen LogP contribution in [0.1, 0.15) is 47.1 Å². The minimum absolute atomic E-state index is 0. The van der Waals surface area contributed by atoms with Gasteiger partial charge in [0.2, 0.25) is 0 Å². The Morgan fingerprint density at radius 1 is 0.548 bits per heavy atom. The predicted molar refractivity (Wildman–Crippen MR) is 255 cm³/mol. The fourth-order valence-electron chi connectivity index (χ4n) is 8.67. The zero-order chi connectivity index (χ0) is 41.9. The maximum absolute atomic E-state index is 5.00. The Hall–Kier alpha value is -6.55. The smallest absolute Gasteiger partial charge is 0.188 e. The first kappa shape index (κ1) is 40.8. The quantitative estimate of drug-likeness (QED) is 0.149. The first-order valence-corrected chi connectivity index (χ1v) is 21.1. The molecule has 0 saturated carbocycles. The van der Waals surface area contributed by atoms with Gasteiger partial charge in [-0.05, 0) is 78.6 Å². The van der Waals surface area contributed by atoms with Gasteiger partial charge in [-0.2, -0.15) is 12.1 Å². The van der Waals surface area contributed by atoms with Gasteiger partial charge in [0.15, 0.2) is 17.4 Å². The molecule has 10 rings (SSSR count). The van der Waals surface area contributed by atoms with Crippen molar-refractivity contribution in [3.05, 3.63) is 200 Å². The number of hydrogen-bond donors (Lipinski definition) is 0. The predicted octanol–water partition coefficient (Wildman–Crippen LogP) is 14.7. The van der Waals surface area contributed by atoms with E-state index in [1.165, 1.54) is 11.1 Å². The minimum atomic E-state index is -0.127. The third-order valence-corrected chi connectivity index (χ3v) is 11.7. The van der Waals surface area contributed by atoms with E-state index in [4.69, 9.17) is 4.98 Å². The van der Waals surface area contributed by atoms with Crippen molar-refractivity contribution in [1.82, 2.24) is 18.7 Å². The molecule has 7 aromatic carbocycles. The molecule has 62 heavy (non-hydrogen) atoms.